The summed E-state index contributed by atoms with van der Waals surface area (Å²) >= 11 is 0. The number of aliphatic hydroxyl groups excluding tert-OH is 1. The molecule has 0 aromatic heterocycles. The van der Waals surface area contributed by atoms with Crippen LogP contribution in [0.15, 0.2) is 48.5 Å². The lowest BCUT2D eigenvalue weighted by molar-refractivity contribution is 0.211. The van der Waals surface area contributed by atoms with Gasteiger partial charge in [-0.1, -0.05) is 30.3 Å². The second kappa shape index (κ2) is 6.25. The van der Waals surface area contributed by atoms with Gasteiger partial charge in [0.25, 0.3) is 0 Å². The van der Waals surface area contributed by atoms with E-state index in [1.165, 1.54) is 0 Å². The quantitative estimate of drug-likeness (QED) is 0.895. The first-order valence-electron chi connectivity index (χ1n) is 6.30. The fourth-order valence-electron chi connectivity index (χ4n) is 1.98. The lowest BCUT2D eigenvalue weighted by Crippen LogP contribution is -2.04. The lowest BCUT2D eigenvalue weighted by Gasteiger charge is -2.16. The minimum absolute atomic E-state index is 0.571. The van der Waals surface area contributed by atoms with Crippen molar-refractivity contribution in [2.24, 2.45) is 0 Å². The number of para-hydroxylation sites is 1. The SMILES string of the molecule is CCOc1ccccc1C(O)c1cccc(OC)c1. The summed E-state index contributed by atoms with van der Waals surface area (Å²) in [7, 11) is 1.61. The first-order chi connectivity index (χ1) is 9.26. The molecule has 3 nitrogen and oxygen atoms in total. The van der Waals surface area contributed by atoms with Gasteiger partial charge in [0, 0.05) is 5.56 Å². The zero-order chi connectivity index (χ0) is 13.7. The molecule has 0 bridgehead atoms. The molecule has 3 heteroatoms. The van der Waals surface area contributed by atoms with E-state index in [1.54, 1.807) is 7.11 Å². The van der Waals surface area contributed by atoms with Crippen molar-refractivity contribution in [1.29, 1.82) is 0 Å². The van der Waals surface area contributed by atoms with Crippen LogP contribution in [0.3, 0.4) is 0 Å². The van der Waals surface area contributed by atoms with Crippen LogP contribution in [0, 0.1) is 0 Å². The smallest absolute Gasteiger partial charge is 0.125 e. The molecule has 0 fully saturated rings. The molecule has 0 aliphatic carbocycles. The first-order valence-corrected chi connectivity index (χ1v) is 6.30. The highest BCUT2D eigenvalue weighted by Gasteiger charge is 2.15. The second-order valence-corrected chi connectivity index (χ2v) is 4.15. The fraction of sp³-hybridized carbons (Fsp3) is 0.250. The van der Waals surface area contributed by atoms with E-state index < -0.39 is 6.10 Å². The summed E-state index contributed by atoms with van der Waals surface area (Å²) in [6.45, 7) is 2.50. The first kappa shape index (κ1) is 13.4. The van der Waals surface area contributed by atoms with Gasteiger partial charge in [0.1, 0.15) is 17.6 Å². The van der Waals surface area contributed by atoms with Crippen molar-refractivity contribution >= 4 is 0 Å². The normalized spacial score (nSPS) is 11.9. The Bertz CT molecular complexity index is 537. The monoisotopic (exact) mass is 258 g/mol. The Morgan fingerprint density at radius 3 is 2.63 bits per heavy atom. The summed E-state index contributed by atoms with van der Waals surface area (Å²) < 4.78 is 10.7. The molecule has 0 heterocycles. The average Bonchev–Trinajstić information content (AvgIpc) is 2.47. The van der Waals surface area contributed by atoms with Gasteiger partial charge in [-0.3, -0.25) is 0 Å². The molecule has 0 saturated heterocycles. The van der Waals surface area contributed by atoms with Crippen molar-refractivity contribution < 1.29 is 14.6 Å². The Balaban J connectivity index is 2.35. The van der Waals surface area contributed by atoms with Crippen molar-refractivity contribution in [1.82, 2.24) is 0 Å². The third kappa shape index (κ3) is 3.06. The summed E-state index contributed by atoms with van der Waals surface area (Å²) in [5.74, 6) is 1.44. The van der Waals surface area contributed by atoms with Crippen molar-refractivity contribution in [3.8, 4) is 11.5 Å². The number of hydrogen-bond acceptors (Lipinski definition) is 3. The number of benzene rings is 2. The highest BCUT2D eigenvalue weighted by atomic mass is 16.5. The van der Waals surface area contributed by atoms with E-state index in [1.807, 2.05) is 55.5 Å². The Morgan fingerprint density at radius 1 is 1.11 bits per heavy atom. The maximum Gasteiger partial charge on any atom is 0.125 e. The second-order valence-electron chi connectivity index (χ2n) is 4.15. The minimum atomic E-state index is -0.724. The van der Waals surface area contributed by atoms with Crippen molar-refractivity contribution in [3.05, 3.63) is 59.7 Å². The molecule has 0 aliphatic rings. The predicted molar refractivity (Wildman–Crippen MR) is 74.7 cm³/mol. The Morgan fingerprint density at radius 2 is 1.89 bits per heavy atom. The minimum Gasteiger partial charge on any atom is -0.497 e. The maximum absolute atomic E-state index is 10.5. The van der Waals surface area contributed by atoms with Gasteiger partial charge < -0.3 is 14.6 Å². The average molecular weight is 258 g/mol. The lowest BCUT2D eigenvalue weighted by atomic mass is 10.0. The topological polar surface area (TPSA) is 38.7 Å². The molecular formula is C16H18O3. The molecule has 2 rings (SSSR count). The summed E-state index contributed by atoms with van der Waals surface area (Å²) in [6.07, 6.45) is -0.724. The molecule has 0 saturated carbocycles. The van der Waals surface area contributed by atoms with Crippen molar-refractivity contribution in [3.63, 3.8) is 0 Å². The standard InChI is InChI=1S/C16H18O3/c1-3-19-15-10-5-4-9-14(15)16(17)12-7-6-8-13(11-12)18-2/h4-11,16-17H,3H2,1-2H3. The van der Waals surface area contributed by atoms with E-state index in [0.717, 1.165) is 16.9 Å². The Kier molecular flexibility index (Phi) is 4.42. The van der Waals surface area contributed by atoms with E-state index in [2.05, 4.69) is 0 Å². The molecule has 1 unspecified atom stereocenters. The maximum atomic E-state index is 10.5. The zero-order valence-electron chi connectivity index (χ0n) is 11.2. The molecule has 2 aromatic carbocycles. The Labute approximate surface area is 113 Å². The van der Waals surface area contributed by atoms with E-state index in [9.17, 15) is 5.11 Å². The van der Waals surface area contributed by atoms with Crippen LogP contribution in [0.25, 0.3) is 0 Å². The fourth-order valence-corrected chi connectivity index (χ4v) is 1.98. The van der Waals surface area contributed by atoms with Crippen LogP contribution in [-0.2, 0) is 0 Å². The van der Waals surface area contributed by atoms with Gasteiger partial charge in [-0.15, -0.1) is 0 Å². The molecule has 1 N–H and O–H groups in total. The molecule has 2 aromatic rings. The third-order valence-corrected chi connectivity index (χ3v) is 2.92. The van der Waals surface area contributed by atoms with Crippen LogP contribution in [0.2, 0.25) is 0 Å². The van der Waals surface area contributed by atoms with Gasteiger partial charge in [0.05, 0.1) is 13.7 Å². The van der Waals surface area contributed by atoms with E-state index in [0.29, 0.717) is 12.4 Å². The summed E-state index contributed by atoms with van der Waals surface area (Å²) in [4.78, 5) is 0. The summed E-state index contributed by atoms with van der Waals surface area (Å²) in [5, 5.41) is 10.5. The molecule has 0 amide bonds. The summed E-state index contributed by atoms with van der Waals surface area (Å²) in [6, 6.07) is 14.9. The van der Waals surface area contributed by atoms with Gasteiger partial charge in [0.15, 0.2) is 0 Å². The van der Waals surface area contributed by atoms with E-state index in [-0.39, 0.29) is 0 Å². The van der Waals surface area contributed by atoms with Gasteiger partial charge in [-0.25, -0.2) is 0 Å². The summed E-state index contributed by atoms with van der Waals surface area (Å²) in [5.41, 5.74) is 1.55. The number of aliphatic hydroxyl groups is 1. The van der Waals surface area contributed by atoms with Gasteiger partial charge in [0.2, 0.25) is 0 Å². The van der Waals surface area contributed by atoms with Gasteiger partial charge in [-0.2, -0.15) is 0 Å². The predicted octanol–water partition coefficient (Wildman–Crippen LogP) is 3.18. The van der Waals surface area contributed by atoms with E-state index in [4.69, 9.17) is 9.47 Å². The number of ether oxygens (including phenoxy) is 2. The van der Waals surface area contributed by atoms with Crippen LogP contribution in [0.1, 0.15) is 24.2 Å². The molecule has 19 heavy (non-hydrogen) atoms. The zero-order valence-corrected chi connectivity index (χ0v) is 11.2. The number of hydrogen-bond donors (Lipinski definition) is 1. The van der Waals surface area contributed by atoms with Crippen molar-refractivity contribution in [2.45, 2.75) is 13.0 Å². The van der Waals surface area contributed by atoms with E-state index >= 15 is 0 Å². The third-order valence-electron chi connectivity index (χ3n) is 2.92. The molecule has 100 valence electrons. The highest BCUT2D eigenvalue weighted by Crippen LogP contribution is 2.31. The molecule has 0 spiro atoms. The van der Waals surface area contributed by atoms with Crippen LogP contribution >= 0.6 is 0 Å². The Hall–Kier alpha value is -2.00. The number of methoxy groups -OCH3 is 1. The van der Waals surface area contributed by atoms with Crippen LogP contribution in [-0.4, -0.2) is 18.8 Å². The largest absolute Gasteiger partial charge is 0.497 e. The molecular weight excluding hydrogens is 240 g/mol. The molecule has 0 aliphatic heterocycles. The van der Waals surface area contributed by atoms with Crippen LogP contribution in [0.5, 0.6) is 11.5 Å². The van der Waals surface area contributed by atoms with Crippen LogP contribution < -0.4 is 9.47 Å². The highest BCUT2D eigenvalue weighted by molar-refractivity contribution is 5.42. The molecule has 1 atom stereocenters. The van der Waals surface area contributed by atoms with Crippen LogP contribution in [0.4, 0.5) is 0 Å². The molecule has 0 radical (unpaired) electrons. The van der Waals surface area contributed by atoms with Gasteiger partial charge in [-0.05, 0) is 30.7 Å². The van der Waals surface area contributed by atoms with Gasteiger partial charge >= 0.3 is 0 Å². The number of rotatable bonds is 5. The van der Waals surface area contributed by atoms with Crippen molar-refractivity contribution in [2.75, 3.05) is 13.7 Å².